The number of aromatic nitrogens is 1. The number of ether oxygens (including phenoxy) is 7. The lowest BCUT2D eigenvalue weighted by Gasteiger charge is -2.47. The number of carbonyl (C=O) groups excluding carboxylic acids is 5. The predicted octanol–water partition coefficient (Wildman–Crippen LogP) is 2.66. The quantitative estimate of drug-likeness (QED) is 0.197. The molecule has 4 rings (SSSR count). The normalized spacial score (nSPS) is 22.6. The number of esters is 4. The number of nitrogens with zero attached hydrogens (tertiary/aromatic N) is 1. The van der Waals surface area contributed by atoms with E-state index < -0.39 is 66.8 Å². The maximum atomic E-state index is 12.5. The number of fused-ring (bicyclic) bond motifs is 1. The van der Waals surface area contributed by atoms with Crippen LogP contribution in [0.15, 0.2) is 54.7 Å². The average Bonchev–Trinajstić information content (AvgIpc) is 3.32. The van der Waals surface area contributed by atoms with E-state index in [9.17, 15) is 29.1 Å². The van der Waals surface area contributed by atoms with Crippen molar-refractivity contribution in [1.82, 2.24) is 4.57 Å². The Morgan fingerprint density at radius 3 is 2.09 bits per heavy atom. The Balaban J connectivity index is 1.79. The van der Waals surface area contributed by atoms with E-state index in [1.165, 1.54) is 17.7 Å². The molecule has 3 aromatic rings. The molecular weight excluding hydrogens is 594 g/mol. The van der Waals surface area contributed by atoms with E-state index in [0.717, 1.165) is 33.3 Å². The van der Waals surface area contributed by atoms with Gasteiger partial charge in [-0.15, -0.1) is 0 Å². The molecule has 0 aliphatic carbocycles. The van der Waals surface area contributed by atoms with E-state index in [4.69, 9.17) is 33.2 Å². The number of hydrogen-bond donors (Lipinski definition) is 1. The van der Waals surface area contributed by atoms with Crippen molar-refractivity contribution in [3.63, 3.8) is 0 Å². The molecule has 5 atom stereocenters. The predicted molar refractivity (Wildman–Crippen MR) is 153 cm³/mol. The van der Waals surface area contributed by atoms with Gasteiger partial charge in [-0.25, -0.2) is 0 Å². The number of hydrogen-bond acceptors (Lipinski definition) is 13. The Morgan fingerprint density at radius 2 is 1.49 bits per heavy atom. The Hall–Kier alpha value is -4.95. The van der Waals surface area contributed by atoms with Crippen LogP contribution in [0.25, 0.3) is 10.9 Å². The molecule has 14 heteroatoms. The van der Waals surface area contributed by atoms with Gasteiger partial charge in [-0.1, -0.05) is 30.3 Å². The molecule has 0 amide bonds. The lowest BCUT2D eigenvalue weighted by atomic mass is 9.96. The van der Waals surface area contributed by atoms with Gasteiger partial charge < -0.3 is 38.3 Å². The third-order valence-electron chi connectivity index (χ3n) is 6.60. The maximum Gasteiger partial charge on any atom is 0.368 e. The fraction of sp³-hybridized carbons (Fsp3) is 0.387. The zero-order valence-electron chi connectivity index (χ0n) is 25.2. The molecule has 1 N–H and O–H groups in total. The highest BCUT2D eigenvalue weighted by Crippen LogP contribution is 2.40. The number of carbonyl (C=O) groups is 5. The highest BCUT2D eigenvalue weighted by molar-refractivity contribution is 5.96. The molecule has 14 nitrogen and oxygen atoms in total. The van der Waals surface area contributed by atoms with Gasteiger partial charge in [0.2, 0.25) is 12.0 Å². The Bertz CT molecular complexity index is 1580. The molecule has 0 radical (unpaired) electrons. The van der Waals surface area contributed by atoms with Crippen molar-refractivity contribution >= 4 is 40.7 Å². The smallest absolute Gasteiger partial charge is 0.368 e. The molecule has 2 aromatic carbocycles. The monoisotopic (exact) mass is 627 g/mol. The van der Waals surface area contributed by atoms with Gasteiger partial charge in [-0.2, -0.15) is 0 Å². The van der Waals surface area contributed by atoms with Gasteiger partial charge >= 0.3 is 29.9 Å². The lowest BCUT2D eigenvalue weighted by molar-refractivity contribution is -0.421. The first-order valence-corrected chi connectivity index (χ1v) is 13.8. The first kappa shape index (κ1) is 33.0. The SMILES string of the molecule is CC(=O)OC[C@H]1O[C@@](O)(Oc2cn(C(C)=O)c3ccc(OCc4ccccc4)cc23)[C@H](OC(C)=O)[C@@H](OC(C)=O)[C@H]1OC(C)=O. The molecule has 2 heterocycles. The van der Waals surface area contributed by atoms with Crippen LogP contribution in [0.5, 0.6) is 11.5 Å². The fourth-order valence-electron chi connectivity index (χ4n) is 4.84. The summed E-state index contributed by atoms with van der Waals surface area (Å²) in [5.74, 6) is -6.47. The van der Waals surface area contributed by atoms with Crippen LogP contribution in [0.4, 0.5) is 0 Å². The van der Waals surface area contributed by atoms with Crippen LogP contribution in [-0.2, 0) is 49.5 Å². The summed E-state index contributed by atoms with van der Waals surface area (Å²) < 4.78 is 40.1. The lowest BCUT2D eigenvalue weighted by Crippen LogP contribution is -2.70. The second-order valence-electron chi connectivity index (χ2n) is 10.2. The Morgan fingerprint density at radius 1 is 0.844 bits per heavy atom. The molecule has 0 bridgehead atoms. The van der Waals surface area contributed by atoms with Crippen LogP contribution >= 0.6 is 0 Å². The van der Waals surface area contributed by atoms with Crippen LogP contribution in [0.1, 0.15) is 45.0 Å². The first-order valence-electron chi connectivity index (χ1n) is 13.8. The van der Waals surface area contributed by atoms with E-state index >= 15 is 0 Å². The molecule has 1 aliphatic heterocycles. The maximum absolute atomic E-state index is 12.5. The third kappa shape index (κ3) is 7.96. The van der Waals surface area contributed by atoms with Crippen molar-refractivity contribution in [2.75, 3.05) is 6.61 Å². The van der Waals surface area contributed by atoms with Gasteiger partial charge in [0.05, 0.1) is 11.7 Å². The molecule has 0 unspecified atom stereocenters. The molecule has 0 spiro atoms. The second kappa shape index (κ2) is 13.8. The number of aliphatic hydroxyl groups is 1. The molecular formula is C31H33NO13. The van der Waals surface area contributed by atoms with Gasteiger partial charge in [0.15, 0.2) is 18.0 Å². The van der Waals surface area contributed by atoms with Crippen LogP contribution < -0.4 is 9.47 Å². The van der Waals surface area contributed by atoms with Gasteiger partial charge in [-0.05, 0) is 23.8 Å². The third-order valence-corrected chi connectivity index (χ3v) is 6.60. The van der Waals surface area contributed by atoms with Crippen molar-refractivity contribution in [1.29, 1.82) is 0 Å². The summed E-state index contributed by atoms with van der Waals surface area (Å²) in [5.41, 5.74) is 1.28. The van der Waals surface area contributed by atoms with Crippen molar-refractivity contribution < 1.29 is 62.2 Å². The summed E-state index contributed by atoms with van der Waals surface area (Å²) in [4.78, 5) is 60.6. The summed E-state index contributed by atoms with van der Waals surface area (Å²) in [6.45, 7) is 5.21. The zero-order chi connectivity index (χ0) is 32.9. The van der Waals surface area contributed by atoms with Crippen molar-refractivity contribution in [2.24, 2.45) is 0 Å². The van der Waals surface area contributed by atoms with Gasteiger partial charge in [0.1, 0.15) is 25.1 Å². The van der Waals surface area contributed by atoms with Crippen LogP contribution in [0.2, 0.25) is 0 Å². The summed E-state index contributed by atoms with van der Waals surface area (Å²) in [6.07, 6.45) is -5.36. The van der Waals surface area contributed by atoms with Crippen LogP contribution in [0.3, 0.4) is 0 Å². The molecule has 240 valence electrons. The van der Waals surface area contributed by atoms with Crippen molar-refractivity contribution in [3.8, 4) is 11.5 Å². The standard InChI is InChI=1S/C31H33NO13/c1-17(33)32-14-26(24-13-23(11-12-25(24)32)40-15-22-9-7-6-8-10-22)44-31(38)30(43-21(5)37)29(42-20(4)36)28(41-19(3)35)27(45-31)16-39-18(2)34/h6-14,27-30,38H,15-16H2,1-5H3/t27-,28+,29+,30-,31+/m1/s1. The van der Waals surface area contributed by atoms with Crippen LogP contribution in [0, 0.1) is 0 Å². The van der Waals surface area contributed by atoms with Gasteiger partial charge in [-0.3, -0.25) is 28.5 Å². The Labute approximate surface area is 257 Å². The van der Waals surface area contributed by atoms with Gasteiger partial charge in [0.25, 0.3) is 0 Å². The van der Waals surface area contributed by atoms with Gasteiger partial charge in [0, 0.05) is 40.0 Å². The van der Waals surface area contributed by atoms with E-state index in [-0.39, 0.29) is 17.7 Å². The molecule has 1 aromatic heterocycles. The summed E-state index contributed by atoms with van der Waals surface area (Å²) >= 11 is 0. The molecule has 1 aliphatic rings. The first-order chi connectivity index (χ1) is 21.3. The molecule has 1 fully saturated rings. The minimum absolute atomic E-state index is 0.122. The van der Waals surface area contributed by atoms with E-state index in [0.29, 0.717) is 11.3 Å². The summed E-state index contributed by atoms with van der Waals surface area (Å²) in [7, 11) is 0. The second-order valence-corrected chi connectivity index (χ2v) is 10.2. The molecule has 45 heavy (non-hydrogen) atoms. The van der Waals surface area contributed by atoms with E-state index in [1.54, 1.807) is 18.2 Å². The largest absolute Gasteiger partial charge is 0.489 e. The summed E-state index contributed by atoms with van der Waals surface area (Å²) in [5, 5.41) is 12.2. The van der Waals surface area contributed by atoms with Crippen molar-refractivity contribution in [3.05, 3.63) is 60.3 Å². The number of benzene rings is 2. The highest BCUT2D eigenvalue weighted by Gasteiger charge is 2.62. The van der Waals surface area contributed by atoms with Crippen molar-refractivity contribution in [2.45, 2.75) is 71.6 Å². The minimum atomic E-state index is -2.94. The molecule has 1 saturated heterocycles. The highest BCUT2D eigenvalue weighted by atomic mass is 16.9. The van der Waals surface area contributed by atoms with Crippen LogP contribution in [-0.4, -0.2) is 76.5 Å². The summed E-state index contributed by atoms with van der Waals surface area (Å²) in [6, 6.07) is 14.2. The zero-order valence-corrected chi connectivity index (χ0v) is 25.2. The van der Waals surface area contributed by atoms with E-state index in [2.05, 4.69) is 0 Å². The fourth-order valence-corrected chi connectivity index (χ4v) is 4.84. The topological polar surface area (TPSA) is 175 Å². The van der Waals surface area contributed by atoms with E-state index in [1.807, 2.05) is 30.3 Å². The average molecular weight is 628 g/mol. The molecule has 0 saturated carbocycles. The Kier molecular flexibility index (Phi) is 10.1. The number of rotatable bonds is 10. The minimum Gasteiger partial charge on any atom is -0.489 e.